The lowest BCUT2D eigenvalue weighted by Gasteiger charge is -2.15. The van der Waals surface area contributed by atoms with E-state index in [4.69, 9.17) is 0 Å². The predicted octanol–water partition coefficient (Wildman–Crippen LogP) is 4.05. The Balaban J connectivity index is 2.46. The molecule has 2 aromatic carbocycles. The van der Waals surface area contributed by atoms with Gasteiger partial charge in [-0.1, -0.05) is 18.2 Å². The first-order valence-electron chi connectivity index (χ1n) is 6.85. The summed E-state index contributed by atoms with van der Waals surface area (Å²) in [5, 5.41) is 0.430. The van der Waals surface area contributed by atoms with Crippen LogP contribution in [0.2, 0.25) is 0 Å². The van der Waals surface area contributed by atoms with Crippen LogP contribution in [-0.2, 0) is 0 Å². The molecule has 0 bridgehead atoms. The molecular formula is C17H14FIN2O. The maximum Gasteiger partial charge on any atom is 0.266 e. The maximum absolute atomic E-state index is 13.7. The lowest BCUT2D eigenvalue weighted by molar-refractivity contribution is 0.621. The number of para-hydroxylation sites is 1. The number of fused-ring (bicyclic) bond motifs is 1. The van der Waals surface area contributed by atoms with Gasteiger partial charge in [-0.05, 0) is 60.6 Å². The molecule has 0 saturated heterocycles. The summed E-state index contributed by atoms with van der Waals surface area (Å²) >= 11 is 1.89. The van der Waals surface area contributed by atoms with Crippen molar-refractivity contribution in [2.45, 2.75) is 20.8 Å². The third-order valence-electron chi connectivity index (χ3n) is 3.74. The smallest absolute Gasteiger partial charge is 0.266 e. The van der Waals surface area contributed by atoms with Crippen molar-refractivity contribution in [3.63, 3.8) is 0 Å². The minimum Gasteiger partial charge on any atom is -0.268 e. The lowest BCUT2D eigenvalue weighted by atomic mass is 10.1. The molecule has 0 amide bonds. The van der Waals surface area contributed by atoms with Crippen LogP contribution < -0.4 is 5.56 Å². The summed E-state index contributed by atoms with van der Waals surface area (Å²) in [7, 11) is 0. The van der Waals surface area contributed by atoms with Gasteiger partial charge >= 0.3 is 0 Å². The van der Waals surface area contributed by atoms with Crippen molar-refractivity contribution in [1.82, 2.24) is 9.55 Å². The van der Waals surface area contributed by atoms with E-state index >= 15 is 0 Å². The van der Waals surface area contributed by atoms with Gasteiger partial charge in [0, 0.05) is 9.64 Å². The highest BCUT2D eigenvalue weighted by atomic mass is 127. The number of aryl methyl sites for hydroxylation is 3. The van der Waals surface area contributed by atoms with Crippen LogP contribution in [0, 0.1) is 30.2 Å². The average Bonchev–Trinajstić information content (AvgIpc) is 2.44. The largest absolute Gasteiger partial charge is 0.268 e. The molecule has 112 valence electrons. The summed E-state index contributed by atoms with van der Waals surface area (Å²) in [6.45, 7) is 5.70. The highest BCUT2D eigenvalue weighted by Gasteiger charge is 2.15. The third-order valence-corrected chi connectivity index (χ3v) is 4.57. The van der Waals surface area contributed by atoms with Gasteiger partial charge in [-0.15, -0.1) is 0 Å². The lowest BCUT2D eigenvalue weighted by Crippen LogP contribution is -2.24. The van der Waals surface area contributed by atoms with Crippen LogP contribution in [0.15, 0.2) is 35.1 Å². The quantitative estimate of drug-likeness (QED) is 0.570. The van der Waals surface area contributed by atoms with Crippen LogP contribution in [0.5, 0.6) is 0 Å². The molecule has 0 aliphatic rings. The maximum atomic E-state index is 13.7. The summed E-state index contributed by atoms with van der Waals surface area (Å²) in [5.74, 6) is 0.194. The molecule has 1 heterocycles. The normalized spacial score (nSPS) is 11.1. The van der Waals surface area contributed by atoms with Gasteiger partial charge < -0.3 is 0 Å². The zero-order valence-corrected chi connectivity index (χ0v) is 14.6. The average molecular weight is 408 g/mol. The number of halogens is 2. The van der Waals surface area contributed by atoms with E-state index in [0.29, 0.717) is 20.3 Å². The molecule has 5 heteroatoms. The highest BCUT2D eigenvalue weighted by molar-refractivity contribution is 14.1. The highest BCUT2D eigenvalue weighted by Crippen LogP contribution is 2.21. The Labute approximate surface area is 141 Å². The van der Waals surface area contributed by atoms with Gasteiger partial charge in [0.05, 0.1) is 16.6 Å². The van der Waals surface area contributed by atoms with Gasteiger partial charge in [0.1, 0.15) is 11.6 Å². The number of rotatable bonds is 1. The standard InChI is InChI=1S/C17H14FIN2O/c1-9-5-4-6-10(2)16(9)21-11(3)20-15-8-13(18)14(19)7-12(15)17(21)22/h4-8H,1-3H3. The summed E-state index contributed by atoms with van der Waals surface area (Å²) in [6.07, 6.45) is 0. The van der Waals surface area contributed by atoms with Crippen LogP contribution in [0.25, 0.3) is 16.6 Å². The molecular weight excluding hydrogens is 394 g/mol. The molecule has 0 unspecified atom stereocenters. The third kappa shape index (κ3) is 2.33. The summed E-state index contributed by atoms with van der Waals surface area (Å²) in [6, 6.07) is 8.77. The number of nitrogens with zero attached hydrogens (tertiary/aromatic N) is 2. The number of hydrogen-bond acceptors (Lipinski definition) is 2. The second-order valence-electron chi connectivity index (χ2n) is 5.32. The van der Waals surface area contributed by atoms with Crippen molar-refractivity contribution in [3.8, 4) is 5.69 Å². The molecule has 0 saturated carbocycles. The van der Waals surface area contributed by atoms with Crippen molar-refractivity contribution in [1.29, 1.82) is 0 Å². The van der Waals surface area contributed by atoms with E-state index in [1.807, 2.05) is 54.6 Å². The molecule has 0 atom stereocenters. The topological polar surface area (TPSA) is 34.9 Å². The summed E-state index contributed by atoms with van der Waals surface area (Å²) in [4.78, 5) is 17.3. The minimum absolute atomic E-state index is 0.169. The number of benzene rings is 2. The van der Waals surface area contributed by atoms with Gasteiger partial charge in [-0.2, -0.15) is 0 Å². The van der Waals surface area contributed by atoms with E-state index in [9.17, 15) is 9.18 Å². The molecule has 0 aliphatic heterocycles. The first-order chi connectivity index (χ1) is 10.4. The Morgan fingerprint density at radius 2 is 1.77 bits per heavy atom. The number of hydrogen-bond donors (Lipinski definition) is 0. The zero-order chi connectivity index (χ0) is 16.0. The van der Waals surface area contributed by atoms with Crippen LogP contribution in [-0.4, -0.2) is 9.55 Å². The Morgan fingerprint density at radius 3 is 2.41 bits per heavy atom. The molecule has 3 rings (SSSR count). The van der Waals surface area contributed by atoms with E-state index in [1.165, 1.54) is 6.07 Å². The molecule has 0 spiro atoms. The van der Waals surface area contributed by atoms with Crippen LogP contribution in [0.4, 0.5) is 4.39 Å². The van der Waals surface area contributed by atoms with E-state index < -0.39 is 0 Å². The Bertz CT molecular complexity index is 943. The Morgan fingerprint density at radius 1 is 1.14 bits per heavy atom. The molecule has 0 aliphatic carbocycles. The van der Waals surface area contributed by atoms with Crippen molar-refractivity contribution >= 4 is 33.5 Å². The first kappa shape index (κ1) is 15.1. The predicted molar refractivity (Wildman–Crippen MR) is 94.2 cm³/mol. The van der Waals surface area contributed by atoms with Gasteiger partial charge in [-0.3, -0.25) is 9.36 Å². The summed E-state index contributed by atoms with van der Waals surface area (Å²) in [5.41, 5.74) is 3.07. The molecule has 0 fully saturated rings. The molecule has 3 aromatic rings. The fourth-order valence-corrected chi connectivity index (χ4v) is 3.18. The van der Waals surface area contributed by atoms with Crippen molar-refractivity contribution in [2.75, 3.05) is 0 Å². The first-order valence-corrected chi connectivity index (χ1v) is 7.93. The molecule has 1 aromatic heterocycles. The van der Waals surface area contributed by atoms with E-state index in [-0.39, 0.29) is 11.4 Å². The van der Waals surface area contributed by atoms with Crippen molar-refractivity contribution < 1.29 is 4.39 Å². The Hall–Kier alpha value is -1.76. The van der Waals surface area contributed by atoms with Crippen LogP contribution in [0.3, 0.4) is 0 Å². The monoisotopic (exact) mass is 408 g/mol. The molecule has 22 heavy (non-hydrogen) atoms. The number of aromatic nitrogens is 2. The minimum atomic E-state index is -0.357. The fraction of sp³-hybridized carbons (Fsp3) is 0.176. The van der Waals surface area contributed by atoms with Gasteiger partial charge in [0.2, 0.25) is 0 Å². The molecule has 0 radical (unpaired) electrons. The molecule has 3 nitrogen and oxygen atoms in total. The Kier molecular flexibility index (Phi) is 3.76. The zero-order valence-electron chi connectivity index (χ0n) is 12.4. The van der Waals surface area contributed by atoms with Gasteiger partial charge in [0.15, 0.2) is 0 Å². The van der Waals surface area contributed by atoms with Crippen molar-refractivity contribution in [3.05, 3.63) is 67.0 Å². The summed E-state index contributed by atoms with van der Waals surface area (Å²) < 4.78 is 15.7. The second kappa shape index (κ2) is 5.46. The second-order valence-corrected chi connectivity index (χ2v) is 6.49. The van der Waals surface area contributed by atoms with Crippen LogP contribution >= 0.6 is 22.6 Å². The van der Waals surface area contributed by atoms with E-state index in [2.05, 4.69) is 4.98 Å². The fourth-order valence-electron chi connectivity index (χ4n) is 2.71. The van der Waals surface area contributed by atoms with Crippen molar-refractivity contribution in [2.24, 2.45) is 0 Å². The van der Waals surface area contributed by atoms with Gasteiger partial charge in [-0.25, -0.2) is 9.37 Å². The SMILES string of the molecule is Cc1cccc(C)c1-n1c(C)nc2cc(F)c(I)cc2c1=O. The van der Waals surface area contributed by atoms with Crippen LogP contribution in [0.1, 0.15) is 17.0 Å². The van der Waals surface area contributed by atoms with E-state index in [0.717, 1.165) is 16.8 Å². The van der Waals surface area contributed by atoms with E-state index in [1.54, 1.807) is 17.6 Å². The van der Waals surface area contributed by atoms with Gasteiger partial charge in [0.25, 0.3) is 5.56 Å². The molecule has 0 N–H and O–H groups in total.